The molecule has 2 rings (SSSR count). The van der Waals surface area contributed by atoms with Gasteiger partial charge in [-0.3, -0.25) is 0 Å². The SMILES string of the molecule is CCC1CCCCC1Nc1nc(C)cn1C. The molecule has 1 heterocycles. The van der Waals surface area contributed by atoms with Gasteiger partial charge >= 0.3 is 0 Å². The Morgan fingerprint density at radius 2 is 2.19 bits per heavy atom. The maximum Gasteiger partial charge on any atom is 0.203 e. The average Bonchev–Trinajstić information content (AvgIpc) is 2.58. The highest BCUT2D eigenvalue weighted by Gasteiger charge is 2.24. The molecule has 0 radical (unpaired) electrons. The molecule has 1 aromatic rings. The first kappa shape index (κ1) is 11.5. The van der Waals surface area contributed by atoms with Gasteiger partial charge in [0.25, 0.3) is 0 Å². The molecular formula is C13H23N3. The summed E-state index contributed by atoms with van der Waals surface area (Å²) in [5, 5.41) is 3.62. The first-order valence-corrected chi connectivity index (χ1v) is 6.47. The lowest BCUT2D eigenvalue weighted by Gasteiger charge is -2.31. The summed E-state index contributed by atoms with van der Waals surface area (Å²) in [7, 11) is 2.06. The Bertz CT molecular complexity index is 343. The van der Waals surface area contributed by atoms with E-state index in [-0.39, 0.29) is 0 Å². The Kier molecular flexibility index (Phi) is 3.52. The Hall–Kier alpha value is -0.990. The second-order valence-corrected chi connectivity index (χ2v) is 5.02. The topological polar surface area (TPSA) is 29.9 Å². The minimum atomic E-state index is 0.624. The van der Waals surface area contributed by atoms with Crippen molar-refractivity contribution in [3.8, 4) is 0 Å². The average molecular weight is 221 g/mol. The fourth-order valence-electron chi connectivity index (χ4n) is 2.80. The molecule has 1 aliphatic rings. The molecule has 0 saturated heterocycles. The van der Waals surface area contributed by atoms with Crippen LogP contribution in [0.3, 0.4) is 0 Å². The molecule has 3 heteroatoms. The second-order valence-electron chi connectivity index (χ2n) is 5.02. The van der Waals surface area contributed by atoms with Crippen LogP contribution in [0.2, 0.25) is 0 Å². The minimum absolute atomic E-state index is 0.624. The largest absolute Gasteiger partial charge is 0.353 e. The predicted molar refractivity (Wildman–Crippen MR) is 67.6 cm³/mol. The van der Waals surface area contributed by atoms with Crippen LogP contribution < -0.4 is 5.32 Å². The van der Waals surface area contributed by atoms with E-state index in [1.165, 1.54) is 32.1 Å². The molecule has 1 aliphatic carbocycles. The van der Waals surface area contributed by atoms with Crippen molar-refractivity contribution >= 4 is 5.95 Å². The van der Waals surface area contributed by atoms with Gasteiger partial charge in [0, 0.05) is 19.3 Å². The van der Waals surface area contributed by atoms with Crippen molar-refractivity contribution in [2.45, 2.75) is 52.0 Å². The highest BCUT2D eigenvalue weighted by molar-refractivity contribution is 5.30. The molecule has 1 aromatic heterocycles. The third-order valence-corrected chi connectivity index (χ3v) is 3.74. The van der Waals surface area contributed by atoms with Gasteiger partial charge in [0.1, 0.15) is 0 Å². The molecule has 2 unspecified atom stereocenters. The summed E-state index contributed by atoms with van der Waals surface area (Å²) in [5.41, 5.74) is 1.09. The van der Waals surface area contributed by atoms with E-state index in [0.717, 1.165) is 17.6 Å². The van der Waals surface area contributed by atoms with Crippen molar-refractivity contribution in [1.29, 1.82) is 0 Å². The van der Waals surface area contributed by atoms with Crippen molar-refractivity contribution in [2.75, 3.05) is 5.32 Å². The molecule has 1 fully saturated rings. The van der Waals surface area contributed by atoms with E-state index in [4.69, 9.17) is 0 Å². The zero-order chi connectivity index (χ0) is 11.5. The lowest BCUT2D eigenvalue weighted by molar-refractivity contribution is 0.316. The molecule has 2 atom stereocenters. The first-order chi connectivity index (χ1) is 7.70. The van der Waals surface area contributed by atoms with Gasteiger partial charge in [-0.25, -0.2) is 4.98 Å². The molecule has 1 N–H and O–H groups in total. The van der Waals surface area contributed by atoms with Gasteiger partial charge in [0.05, 0.1) is 5.69 Å². The summed E-state index contributed by atoms with van der Waals surface area (Å²) < 4.78 is 2.09. The van der Waals surface area contributed by atoms with Crippen LogP contribution in [0.4, 0.5) is 5.95 Å². The maximum atomic E-state index is 4.52. The van der Waals surface area contributed by atoms with Crippen LogP contribution in [-0.2, 0) is 7.05 Å². The van der Waals surface area contributed by atoms with Crippen LogP contribution in [0.1, 0.15) is 44.7 Å². The van der Waals surface area contributed by atoms with E-state index in [1.807, 2.05) is 6.92 Å². The van der Waals surface area contributed by atoms with Crippen LogP contribution in [0.15, 0.2) is 6.20 Å². The molecule has 16 heavy (non-hydrogen) atoms. The summed E-state index contributed by atoms with van der Waals surface area (Å²) >= 11 is 0. The fraction of sp³-hybridized carbons (Fsp3) is 0.769. The lowest BCUT2D eigenvalue weighted by atomic mass is 9.83. The van der Waals surface area contributed by atoms with Crippen molar-refractivity contribution in [3.63, 3.8) is 0 Å². The highest BCUT2D eigenvalue weighted by atomic mass is 15.2. The number of aryl methyl sites for hydroxylation is 2. The predicted octanol–water partition coefficient (Wildman–Crippen LogP) is 3.11. The lowest BCUT2D eigenvalue weighted by Crippen LogP contribution is -2.32. The van der Waals surface area contributed by atoms with Crippen molar-refractivity contribution in [2.24, 2.45) is 13.0 Å². The molecule has 0 spiro atoms. The van der Waals surface area contributed by atoms with E-state index >= 15 is 0 Å². The van der Waals surface area contributed by atoms with Gasteiger partial charge in [0.2, 0.25) is 5.95 Å². The number of anilines is 1. The Labute approximate surface area is 98.3 Å². The van der Waals surface area contributed by atoms with Gasteiger partial charge in [-0.15, -0.1) is 0 Å². The van der Waals surface area contributed by atoms with Crippen LogP contribution >= 0.6 is 0 Å². The smallest absolute Gasteiger partial charge is 0.203 e. The normalized spacial score (nSPS) is 25.7. The van der Waals surface area contributed by atoms with E-state index in [1.54, 1.807) is 0 Å². The summed E-state index contributed by atoms with van der Waals surface area (Å²) in [6.07, 6.45) is 8.78. The number of rotatable bonds is 3. The van der Waals surface area contributed by atoms with E-state index in [0.29, 0.717) is 6.04 Å². The molecule has 0 bridgehead atoms. The summed E-state index contributed by atoms with van der Waals surface area (Å²) in [6, 6.07) is 0.624. The molecule has 0 amide bonds. The van der Waals surface area contributed by atoms with Crippen LogP contribution in [0.5, 0.6) is 0 Å². The standard InChI is InChI=1S/C13H23N3/c1-4-11-7-5-6-8-12(11)15-13-14-10(2)9-16(13)3/h9,11-12H,4-8H2,1-3H3,(H,14,15). The van der Waals surface area contributed by atoms with Gasteiger partial charge in [-0.05, 0) is 25.7 Å². The Morgan fingerprint density at radius 3 is 2.81 bits per heavy atom. The molecular weight excluding hydrogens is 198 g/mol. The van der Waals surface area contributed by atoms with E-state index < -0.39 is 0 Å². The molecule has 3 nitrogen and oxygen atoms in total. The summed E-state index contributed by atoms with van der Waals surface area (Å²) in [6.45, 7) is 4.34. The zero-order valence-electron chi connectivity index (χ0n) is 10.7. The number of hydrogen-bond donors (Lipinski definition) is 1. The number of nitrogens with one attached hydrogen (secondary N) is 1. The number of nitrogens with zero attached hydrogens (tertiary/aromatic N) is 2. The van der Waals surface area contributed by atoms with Gasteiger partial charge in [0.15, 0.2) is 0 Å². The Balaban J connectivity index is 2.04. The second kappa shape index (κ2) is 4.89. The van der Waals surface area contributed by atoms with E-state index in [2.05, 4.69) is 35.0 Å². The molecule has 90 valence electrons. The van der Waals surface area contributed by atoms with E-state index in [9.17, 15) is 0 Å². The van der Waals surface area contributed by atoms with Crippen molar-refractivity contribution < 1.29 is 0 Å². The maximum absolute atomic E-state index is 4.52. The minimum Gasteiger partial charge on any atom is -0.353 e. The van der Waals surface area contributed by atoms with Crippen molar-refractivity contribution in [1.82, 2.24) is 9.55 Å². The number of hydrogen-bond acceptors (Lipinski definition) is 2. The van der Waals surface area contributed by atoms with Crippen molar-refractivity contribution in [3.05, 3.63) is 11.9 Å². The summed E-state index contributed by atoms with van der Waals surface area (Å²) in [5.74, 6) is 1.86. The third kappa shape index (κ3) is 2.39. The van der Waals surface area contributed by atoms with Crippen LogP contribution in [0.25, 0.3) is 0 Å². The first-order valence-electron chi connectivity index (χ1n) is 6.47. The zero-order valence-corrected chi connectivity index (χ0v) is 10.7. The van der Waals surface area contributed by atoms with Gasteiger partial charge in [-0.2, -0.15) is 0 Å². The Morgan fingerprint density at radius 1 is 1.44 bits per heavy atom. The van der Waals surface area contributed by atoms with Gasteiger partial charge in [-0.1, -0.05) is 26.2 Å². The number of aromatic nitrogens is 2. The van der Waals surface area contributed by atoms with Crippen LogP contribution in [0, 0.1) is 12.8 Å². The fourth-order valence-corrected chi connectivity index (χ4v) is 2.80. The molecule has 1 saturated carbocycles. The van der Waals surface area contributed by atoms with Crippen LogP contribution in [-0.4, -0.2) is 15.6 Å². The van der Waals surface area contributed by atoms with Gasteiger partial charge < -0.3 is 9.88 Å². The quantitative estimate of drug-likeness (QED) is 0.850. The highest BCUT2D eigenvalue weighted by Crippen LogP contribution is 2.28. The molecule has 0 aliphatic heterocycles. The third-order valence-electron chi connectivity index (χ3n) is 3.74. The number of imidazole rings is 1. The molecule has 0 aromatic carbocycles. The summed E-state index contributed by atoms with van der Waals surface area (Å²) in [4.78, 5) is 4.52. The monoisotopic (exact) mass is 221 g/mol.